The molecule has 0 aliphatic heterocycles. The first-order valence-electron chi connectivity index (χ1n) is 5.68. The highest BCUT2D eigenvalue weighted by atomic mass is 16.3. The molecular weight excluding hydrogens is 234 g/mol. The maximum absolute atomic E-state index is 10.7. The average Bonchev–Trinajstić information content (AvgIpc) is 2.31. The van der Waals surface area contributed by atoms with Crippen LogP contribution in [0.1, 0.15) is 25.0 Å². The van der Waals surface area contributed by atoms with Crippen molar-refractivity contribution in [3.63, 3.8) is 0 Å². The second-order valence-corrected chi connectivity index (χ2v) is 4.13. The van der Waals surface area contributed by atoms with Gasteiger partial charge in [0.05, 0.1) is 17.5 Å². The summed E-state index contributed by atoms with van der Waals surface area (Å²) in [7, 11) is 0. The smallest absolute Gasteiger partial charge is 0.216 e. The van der Waals surface area contributed by atoms with Gasteiger partial charge in [0.15, 0.2) is 0 Å². The molecule has 6 nitrogen and oxygen atoms in total. The van der Waals surface area contributed by atoms with E-state index in [1.807, 2.05) is 0 Å². The summed E-state index contributed by atoms with van der Waals surface area (Å²) in [6, 6.07) is 4.89. The Morgan fingerprint density at radius 3 is 2.67 bits per heavy atom. The summed E-state index contributed by atoms with van der Waals surface area (Å²) >= 11 is 0. The van der Waals surface area contributed by atoms with E-state index in [4.69, 9.17) is 11.5 Å². The monoisotopic (exact) mass is 253 g/mol. The Morgan fingerprint density at radius 2 is 2.06 bits per heavy atom. The normalized spacial score (nSPS) is 13.9. The van der Waals surface area contributed by atoms with E-state index in [0.29, 0.717) is 11.3 Å². The number of hydrogen-bond donors (Lipinski definition) is 5. The molecule has 0 aliphatic carbocycles. The molecule has 7 N–H and O–H groups in total. The average molecular weight is 253 g/mol. The number of anilines is 2. The SMILES string of the molecule is CC(=O)NCCC(O)C(O)c1cccc(N)c1N. The number of aliphatic hydroxyl groups is 2. The Hall–Kier alpha value is -1.79. The van der Waals surface area contributed by atoms with Crippen molar-refractivity contribution in [3.8, 4) is 0 Å². The fraction of sp³-hybridized carbons (Fsp3) is 0.417. The van der Waals surface area contributed by atoms with Gasteiger partial charge >= 0.3 is 0 Å². The quantitative estimate of drug-likeness (QED) is 0.464. The fourth-order valence-electron chi connectivity index (χ4n) is 1.62. The third-order valence-electron chi connectivity index (χ3n) is 2.67. The van der Waals surface area contributed by atoms with E-state index in [1.54, 1.807) is 18.2 Å². The van der Waals surface area contributed by atoms with Gasteiger partial charge in [-0.05, 0) is 12.5 Å². The van der Waals surface area contributed by atoms with Crippen molar-refractivity contribution in [2.45, 2.75) is 25.6 Å². The lowest BCUT2D eigenvalue weighted by molar-refractivity contribution is -0.119. The van der Waals surface area contributed by atoms with Gasteiger partial charge in [-0.2, -0.15) is 0 Å². The van der Waals surface area contributed by atoms with Crippen molar-refractivity contribution >= 4 is 17.3 Å². The number of carbonyl (C=O) groups is 1. The third-order valence-corrected chi connectivity index (χ3v) is 2.67. The number of benzene rings is 1. The van der Waals surface area contributed by atoms with E-state index >= 15 is 0 Å². The number of para-hydroxylation sites is 1. The molecule has 0 heterocycles. The molecule has 0 saturated carbocycles. The molecule has 0 bridgehead atoms. The van der Waals surface area contributed by atoms with Crippen LogP contribution in [-0.2, 0) is 4.79 Å². The molecule has 2 atom stereocenters. The van der Waals surface area contributed by atoms with Crippen LogP contribution in [0.5, 0.6) is 0 Å². The second-order valence-electron chi connectivity index (χ2n) is 4.13. The Morgan fingerprint density at radius 1 is 1.39 bits per heavy atom. The lowest BCUT2D eigenvalue weighted by Crippen LogP contribution is -2.28. The van der Waals surface area contributed by atoms with Gasteiger partial charge in [0.25, 0.3) is 0 Å². The Bertz CT molecular complexity index is 423. The van der Waals surface area contributed by atoms with Crippen LogP contribution in [0.25, 0.3) is 0 Å². The van der Waals surface area contributed by atoms with E-state index in [9.17, 15) is 15.0 Å². The first-order chi connectivity index (χ1) is 8.43. The zero-order valence-corrected chi connectivity index (χ0v) is 10.3. The van der Waals surface area contributed by atoms with Gasteiger partial charge in [-0.15, -0.1) is 0 Å². The van der Waals surface area contributed by atoms with Gasteiger partial charge in [-0.1, -0.05) is 12.1 Å². The van der Waals surface area contributed by atoms with E-state index in [2.05, 4.69) is 5.32 Å². The van der Waals surface area contributed by atoms with Crippen molar-refractivity contribution in [1.29, 1.82) is 0 Å². The second kappa shape index (κ2) is 6.23. The van der Waals surface area contributed by atoms with E-state index in [0.717, 1.165) is 0 Å². The van der Waals surface area contributed by atoms with E-state index in [-0.39, 0.29) is 24.6 Å². The van der Waals surface area contributed by atoms with Crippen molar-refractivity contribution in [2.24, 2.45) is 0 Å². The van der Waals surface area contributed by atoms with Crippen LogP contribution in [0.3, 0.4) is 0 Å². The van der Waals surface area contributed by atoms with Crippen LogP contribution >= 0.6 is 0 Å². The van der Waals surface area contributed by atoms with Crippen LogP contribution < -0.4 is 16.8 Å². The van der Waals surface area contributed by atoms with Crippen LogP contribution in [0.2, 0.25) is 0 Å². The van der Waals surface area contributed by atoms with Gasteiger partial charge in [0.2, 0.25) is 5.91 Å². The summed E-state index contributed by atoms with van der Waals surface area (Å²) in [4.78, 5) is 10.7. The Labute approximate surface area is 106 Å². The zero-order chi connectivity index (χ0) is 13.7. The lowest BCUT2D eigenvalue weighted by Gasteiger charge is -2.20. The molecule has 0 saturated heterocycles. The zero-order valence-electron chi connectivity index (χ0n) is 10.3. The molecule has 1 rings (SSSR count). The van der Waals surface area contributed by atoms with E-state index in [1.165, 1.54) is 6.92 Å². The number of amides is 1. The third kappa shape index (κ3) is 3.61. The summed E-state index contributed by atoms with van der Waals surface area (Å²) in [6.07, 6.45) is -1.90. The van der Waals surface area contributed by atoms with Crippen molar-refractivity contribution in [3.05, 3.63) is 23.8 Å². The van der Waals surface area contributed by atoms with Gasteiger partial charge in [-0.25, -0.2) is 0 Å². The van der Waals surface area contributed by atoms with Crippen LogP contribution in [-0.4, -0.2) is 28.8 Å². The maximum Gasteiger partial charge on any atom is 0.216 e. The summed E-state index contributed by atoms with van der Waals surface area (Å²) in [5, 5.41) is 22.3. The minimum Gasteiger partial charge on any atom is -0.397 e. The van der Waals surface area contributed by atoms with Crippen molar-refractivity contribution < 1.29 is 15.0 Å². The van der Waals surface area contributed by atoms with Crippen molar-refractivity contribution in [2.75, 3.05) is 18.0 Å². The highest BCUT2D eigenvalue weighted by Gasteiger charge is 2.20. The molecule has 6 heteroatoms. The minimum absolute atomic E-state index is 0.180. The van der Waals surface area contributed by atoms with Crippen LogP contribution in [0.4, 0.5) is 11.4 Å². The number of nitrogens with one attached hydrogen (secondary N) is 1. The van der Waals surface area contributed by atoms with Crippen LogP contribution in [0.15, 0.2) is 18.2 Å². The number of nitrogen functional groups attached to an aromatic ring is 2. The topological polar surface area (TPSA) is 122 Å². The molecule has 1 aromatic carbocycles. The van der Waals surface area contributed by atoms with E-state index < -0.39 is 12.2 Å². The molecule has 0 spiro atoms. The number of aliphatic hydroxyl groups excluding tert-OH is 2. The Balaban J connectivity index is 2.65. The van der Waals surface area contributed by atoms with Gasteiger partial charge in [-0.3, -0.25) is 4.79 Å². The molecular formula is C12H19N3O3. The predicted molar refractivity (Wildman–Crippen MR) is 69.5 cm³/mol. The molecule has 2 unspecified atom stereocenters. The lowest BCUT2D eigenvalue weighted by atomic mass is 9.99. The fourth-order valence-corrected chi connectivity index (χ4v) is 1.62. The predicted octanol–water partition coefficient (Wildman–Crippen LogP) is -0.229. The van der Waals surface area contributed by atoms with Gasteiger partial charge in [0, 0.05) is 19.0 Å². The largest absolute Gasteiger partial charge is 0.397 e. The van der Waals surface area contributed by atoms with Crippen LogP contribution in [0, 0.1) is 0 Å². The molecule has 0 aromatic heterocycles. The first kappa shape index (κ1) is 14.3. The molecule has 18 heavy (non-hydrogen) atoms. The molecule has 1 amide bonds. The summed E-state index contributed by atoms with van der Waals surface area (Å²) in [5.74, 6) is -0.180. The van der Waals surface area contributed by atoms with Gasteiger partial charge in [0.1, 0.15) is 6.10 Å². The summed E-state index contributed by atoms with van der Waals surface area (Å²) < 4.78 is 0. The standard InChI is InChI=1S/C12H19N3O3/c1-7(16)15-6-5-10(17)12(18)8-3-2-4-9(13)11(8)14/h2-4,10,12,17-18H,5-6,13-14H2,1H3,(H,15,16). The molecule has 100 valence electrons. The van der Waals surface area contributed by atoms with Gasteiger partial charge < -0.3 is 27.0 Å². The molecule has 0 aliphatic rings. The maximum atomic E-state index is 10.7. The highest BCUT2D eigenvalue weighted by Crippen LogP contribution is 2.28. The number of nitrogens with two attached hydrogens (primary N) is 2. The van der Waals surface area contributed by atoms with Crippen molar-refractivity contribution in [1.82, 2.24) is 5.32 Å². The Kier molecular flexibility index (Phi) is 4.94. The molecule has 0 fully saturated rings. The molecule has 0 radical (unpaired) electrons. The molecule has 1 aromatic rings. The summed E-state index contributed by atoms with van der Waals surface area (Å²) in [6.45, 7) is 1.68. The highest BCUT2D eigenvalue weighted by molar-refractivity contribution is 5.72. The minimum atomic E-state index is -1.12. The number of carbonyl (C=O) groups excluding carboxylic acids is 1. The first-order valence-corrected chi connectivity index (χ1v) is 5.68. The number of hydrogen-bond acceptors (Lipinski definition) is 5. The summed E-state index contributed by atoms with van der Waals surface area (Å²) in [5.41, 5.74) is 12.4. The number of rotatable bonds is 5.